The van der Waals surface area contributed by atoms with Gasteiger partial charge in [0.05, 0.1) is 0 Å². The molecule has 1 fully saturated rings. The van der Waals surface area contributed by atoms with Crippen molar-refractivity contribution in [1.82, 2.24) is 5.32 Å². The Morgan fingerprint density at radius 3 is 2.56 bits per heavy atom. The van der Waals surface area contributed by atoms with Gasteiger partial charge >= 0.3 is 0 Å². The van der Waals surface area contributed by atoms with Crippen LogP contribution in [0.1, 0.15) is 32.6 Å². The highest BCUT2D eigenvalue weighted by Gasteiger charge is 2.34. The van der Waals surface area contributed by atoms with Gasteiger partial charge in [-0.3, -0.25) is 0 Å². The molecule has 1 aliphatic carbocycles. The van der Waals surface area contributed by atoms with E-state index < -0.39 is 0 Å². The van der Waals surface area contributed by atoms with Gasteiger partial charge in [0.15, 0.2) is 0 Å². The van der Waals surface area contributed by atoms with E-state index in [-0.39, 0.29) is 0 Å². The van der Waals surface area contributed by atoms with Crippen molar-refractivity contribution >= 4 is 15.9 Å². The van der Waals surface area contributed by atoms with Crippen LogP contribution in [0.5, 0.6) is 5.75 Å². The van der Waals surface area contributed by atoms with Crippen LogP contribution in [0.2, 0.25) is 0 Å². The Labute approximate surface area is 118 Å². The smallest absolute Gasteiger partial charge is 0.119 e. The third kappa shape index (κ3) is 3.72. The van der Waals surface area contributed by atoms with E-state index in [2.05, 4.69) is 28.2 Å². The maximum atomic E-state index is 5.68. The van der Waals surface area contributed by atoms with Crippen molar-refractivity contribution in [2.45, 2.75) is 32.6 Å². The quantitative estimate of drug-likeness (QED) is 0.769. The summed E-state index contributed by atoms with van der Waals surface area (Å²) >= 11 is 3.41. The standard InChI is InChI=1S/C15H22BrNO/c1-2-15(8-3-9-15)12-17-10-11-18-14-6-4-13(16)5-7-14/h4-7,17H,2-3,8-12H2,1H3. The molecule has 0 bridgehead atoms. The fraction of sp³-hybridized carbons (Fsp3) is 0.600. The lowest BCUT2D eigenvalue weighted by atomic mass is 9.67. The van der Waals surface area contributed by atoms with Crippen molar-refractivity contribution in [2.24, 2.45) is 5.41 Å². The topological polar surface area (TPSA) is 21.3 Å². The first-order chi connectivity index (χ1) is 8.74. The SMILES string of the molecule is CCC1(CNCCOc2ccc(Br)cc2)CCC1. The van der Waals surface area contributed by atoms with Gasteiger partial charge in [0, 0.05) is 17.6 Å². The Hall–Kier alpha value is -0.540. The summed E-state index contributed by atoms with van der Waals surface area (Å²) < 4.78 is 6.76. The largest absolute Gasteiger partial charge is 0.492 e. The van der Waals surface area contributed by atoms with Gasteiger partial charge in [-0.2, -0.15) is 0 Å². The van der Waals surface area contributed by atoms with Crippen LogP contribution in [0.4, 0.5) is 0 Å². The van der Waals surface area contributed by atoms with E-state index in [1.807, 2.05) is 24.3 Å². The van der Waals surface area contributed by atoms with E-state index >= 15 is 0 Å². The highest BCUT2D eigenvalue weighted by molar-refractivity contribution is 9.10. The molecule has 100 valence electrons. The summed E-state index contributed by atoms with van der Waals surface area (Å²) in [7, 11) is 0. The molecular formula is C15H22BrNO. The first kappa shape index (κ1) is 13.9. The van der Waals surface area contributed by atoms with Gasteiger partial charge < -0.3 is 10.1 Å². The second kappa shape index (κ2) is 6.58. The number of nitrogens with one attached hydrogen (secondary N) is 1. The number of halogens is 1. The Morgan fingerprint density at radius 2 is 2.00 bits per heavy atom. The van der Waals surface area contributed by atoms with Crippen molar-refractivity contribution in [1.29, 1.82) is 0 Å². The molecule has 0 aromatic heterocycles. The summed E-state index contributed by atoms with van der Waals surface area (Å²) in [6.45, 7) is 5.12. The van der Waals surface area contributed by atoms with E-state index in [4.69, 9.17) is 4.74 Å². The number of hydrogen-bond acceptors (Lipinski definition) is 2. The van der Waals surface area contributed by atoms with Crippen LogP contribution in [0, 0.1) is 5.41 Å². The first-order valence-corrected chi connectivity index (χ1v) is 7.62. The third-order valence-corrected chi connectivity index (χ3v) is 4.55. The summed E-state index contributed by atoms with van der Waals surface area (Å²) in [5.41, 5.74) is 0.595. The minimum absolute atomic E-state index is 0.595. The summed E-state index contributed by atoms with van der Waals surface area (Å²) in [6.07, 6.45) is 5.49. The normalized spacial score (nSPS) is 17.2. The molecule has 1 saturated carbocycles. The lowest BCUT2D eigenvalue weighted by Crippen LogP contribution is -2.40. The third-order valence-electron chi connectivity index (χ3n) is 4.03. The molecule has 0 aliphatic heterocycles. The van der Waals surface area contributed by atoms with Crippen molar-refractivity contribution in [2.75, 3.05) is 19.7 Å². The molecule has 0 unspecified atom stereocenters. The Balaban J connectivity index is 1.60. The first-order valence-electron chi connectivity index (χ1n) is 6.83. The van der Waals surface area contributed by atoms with E-state index in [0.29, 0.717) is 5.41 Å². The maximum Gasteiger partial charge on any atom is 0.119 e. The molecule has 0 heterocycles. The van der Waals surface area contributed by atoms with Gasteiger partial charge in [0.1, 0.15) is 12.4 Å². The molecule has 0 radical (unpaired) electrons. The zero-order valence-corrected chi connectivity index (χ0v) is 12.6. The summed E-state index contributed by atoms with van der Waals surface area (Å²) in [5, 5.41) is 3.53. The molecular weight excluding hydrogens is 290 g/mol. The maximum absolute atomic E-state index is 5.68. The van der Waals surface area contributed by atoms with Gasteiger partial charge in [0.25, 0.3) is 0 Å². The highest BCUT2D eigenvalue weighted by atomic mass is 79.9. The van der Waals surface area contributed by atoms with Gasteiger partial charge in [0.2, 0.25) is 0 Å². The molecule has 1 aromatic carbocycles. The predicted molar refractivity (Wildman–Crippen MR) is 79.1 cm³/mol. The molecule has 1 aromatic rings. The van der Waals surface area contributed by atoms with Crippen molar-refractivity contribution < 1.29 is 4.74 Å². The number of rotatable bonds is 7. The summed E-state index contributed by atoms with van der Waals surface area (Å²) in [6, 6.07) is 7.99. The van der Waals surface area contributed by atoms with Gasteiger partial charge in [-0.25, -0.2) is 0 Å². The lowest BCUT2D eigenvalue weighted by Gasteiger charge is -2.41. The van der Waals surface area contributed by atoms with E-state index in [1.54, 1.807) is 0 Å². The minimum atomic E-state index is 0.595. The number of hydrogen-bond donors (Lipinski definition) is 1. The highest BCUT2D eigenvalue weighted by Crippen LogP contribution is 2.42. The van der Waals surface area contributed by atoms with Crippen LogP contribution in [-0.2, 0) is 0 Å². The Kier molecular flexibility index (Phi) is 5.07. The van der Waals surface area contributed by atoms with Crippen LogP contribution in [0.3, 0.4) is 0 Å². The number of benzene rings is 1. The van der Waals surface area contributed by atoms with Crippen LogP contribution < -0.4 is 10.1 Å². The molecule has 2 nitrogen and oxygen atoms in total. The molecule has 0 amide bonds. The van der Waals surface area contributed by atoms with Gasteiger partial charge in [-0.1, -0.05) is 29.3 Å². The molecule has 0 atom stereocenters. The second-order valence-corrected chi connectivity index (χ2v) is 6.10. The predicted octanol–water partition coefficient (Wildman–Crippen LogP) is 4.00. The van der Waals surface area contributed by atoms with Crippen LogP contribution in [0.15, 0.2) is 28.7 Å². The zero-order valence-electron chi connectivity index (χ0n) is 11.0. The monoisotopic (exact) mass is 311 g/mol. The van der Waals surface area contributed by atoms with Gasteiger partial charge in [-0.05, 0) is 48.9 Å². The average molecular weight is 312 g/mol. The average Bonchev–Trinajstić information content (AvgIpc) is 2.34. The second-order valence-electron chi connectivity index (χ2n) is 5.19. The molecule has 2 rings (SSSR count). The molecule has 1 N–H and O–H groups in total. The Morgan fingerprint density at radius 1 is 1.28 bits per heavy atom. The minimum Gasteiger partial charge on any atom is -0.492 e. The molecule has 3 heteroatoms. The van der Waals surface area contributed by atoms with Crippen LogP contribution >= 0.6 is 15.9 Å². The molecule has 18 heavy (non-hydrogen) atoms. The molecule has 1 aliphatic rings. The fourth-order valence-electron chi connectivity index (χ4n) is 2.46. The molecule has 0 spiro atoms. The zero-order chi connectivity index (χ0) is 12.8. The lowest BCUT2D eigenvalue weighted by molar-refractivity contribution is 0.122. The van der Waals surface area contributed by atoms with Crippen LogP contribution in [-0.4, -0.2) is 19.7 Å². The van der Waals surface area contributed by atoms with E-state index in [0.717, 1.165) is 29.9 Å². The fourth-order valence-corrected chi connectivity index (χ4v) is 2.72. The summed E-state index contributed by atoms with van der Waals surface area (Å²) in [5.74, 6) is 0.939. The summed E-state index contributed by atoms with van der Waals surface area (Å²) in [4.78, 5) is 0. The van der Waals surface area contributed by atoms with E-state index in [1.165, 1.54) is 25.7 Å². The Bertz CT molecular complexity index is 354. The van der Waals surface area contributed by atoms with Crippen molar-refractivity contribution in [3.63, 3.8) is 0 Å². The van der Waals surface area contributed by atoms with Crippen molar-refractivity contribution in [3.8, 4) is 5.75 Å². The number of ether oxygens (including phenoxy) is 1. The van der Waals surface area contributed by atoms with Gasteiger partial charge in [-0.15, -0.1) is 0 Å². The molecule has 0 saturated heterocycles. The van der Waals surface area contributed by atoms with Crippen molar-refractivity contribution in [3.05, 3.63) is 28.7 Å². The van der Waals surface area contributed by atoms with Crippen LogP contribution in [0.25, 0.3) is 0 Å². The van der Waals surface area contributed by atoms with E-state index in [9.17, 15) is 0 Å².